The van der Waals surface area contributed by atoms with Crippen LogP contribution in [0.1, 0.15) is 15.4 Å². The Balaban J connectivity index is 1.76. The lowest BCUT2D eigenvalue weighted by atomic mass is 10.2. The van der Waals surface area contributed by atoms with Crippen molar-refractivity contribution in [3.8, 4) is 0 Å². The molecule has 4 nitrogen and oxygen atoms in total. The standard InChI is InChI=1S/C15H11ClN2O2S/c16-9-4-3-5-10(17)14(9)15(19)20-8-13-18-11-6-1-2-7-12(11)21-13/h1-7H,8,17H2. The van der Waals surface area contributed by atoms with Gasteiger partial charge in [-0.05, 0) is 24.3 Å². The van der Waals surface area contributed by atoms with Gasteiger partial charge in [-0.25, -0.2) is 9.78 Å². The lowest BCUT2D eigenvalue weighted by molar-refractivity contribution is 0.0474. The van der Waals surface area contributed by atoms with Crippen LogP contribution in [0.4, 0.5) is 5.69 Å². The van der Waals surface area contributed by atoms with Gasteiger partial charge in [-0.2, -0.15) is 0 Å². The van der Waals surface area contributed by atoms with Crippen molar-refractivity contribution in [3.63, 3.8) is 0 Å². The van der Waals surface area contributed by atoms with Crippen molar-refractivity contribution in [3.05, 3.63) is 58.1 Å². The number of halogens is 1. The Morgan fingerprint density at radius 2 is 2.05 bits per heavy atom. The maximum absolute atomic E-state index is 12.1. The van der Waals surface area contributed by atoms with Crippen molar-refractivity contribution in [1.29, 1.82) is 0 Å². The monoisotopic (exact) mass is 318 g/mol. The Morgan fingerprint density at radius 3 is 2.81 bits per heavy atom. The summed E-state index contributed by atoms with van der Waals surface area (Å²) in [5.74, 6) is -0.544. The Labute approximate surface area is 130 Å². The molecular formula is C15H11ClN2O2S. The highest BCUT2D eigenvalue weighted by atomic mass is 35.5. The first-order chi connectivity index (χ1) is 10.1. The Morgan fingerprint density at radius 1 is 1.24 bits per heavy atom. The molecule has 0 saturated heterocycles. The number of rotatable bonds is 3. The minimum absolute atomic E-state index is 0.100. The van der Waals surface area contributed by atoms with Gasteiger partial charge in [0.2, 0.25) is 0 Å². The third kappa shape index (κ3) is 2.84. The molecule has 0 bridgehead atoms. The number of hydrogen-bond donors (Lipinski definition) is 1. The first kappa shape index (κ1) is 13.9. The smallest absolute Gasteiger partial charge is 0.342 e. The summed E-state index contributed by atoms with van der Waals surface area (Å²) in [6.45, 7) is 0.100. The minimum Gasteiger partial charge on any atom is -0.455 e. The van der Waals surface area contributed by atoms with E-state index >= 15 is 0 Å². The molecule has 0 aliphatic heterocycles. The predicted octanol–water partition coefficient (Wildman–Crippen LogP) is 3.89. The Kier molecular flexibility index (Phi) is 3.77. The lowest BCUT2D eigenvalue weighted by Gasteiger charge is -2.07. The number of fused-ring (bicyclic) bond motifs is 1. The summed E-state index contributed by atoms with van der Waals surface area (Å²) >= 11 is 7.47. The van der Waals surface area contributed by atoms with E-state index in [2.05, 4.69) is 4.98 Å². The van der Waals surface area contributed by atoms with Crippen molar-refractivity contribution in [2.75, 3.05) is 5.73 Å². The number of hydrogen-bond acceptors (Lipinski definition) is 5. The first-order valence-electron chi connectivity index (χ1n) is 6.20. The Hall–Kier alpha value is -2.11. The third-order valence-electron chi connectivity index (χ3n) is 2.91. The van der Waals surface area contributed by atoms with Crippen molar-refractivity contribution >= 4 is 44.8 Å². The molecule has 0 aliphatic carbocycles. The van der Waals surface area contributed by atoms with Gasteiger partial charge in [-0.15, -0.1) is 11.3 Å². The van der Waals surface area contributed by atoms with Gasteiger partial charge in [0.15, 0.2) is 0 Å². The van der Waals surface area contributed by atoms with Crippen LogP contribution in [0.15, 0.2) is 42.5 Å². The Bertz CT molecular complexity index is 763. The number of nitrogen functional groups attached to an aromatic ring is 1. The van der Waals surface area contributed by atoms with Crippen LogP contribution in [0.25, 0.3) is 10.2 Å². The molecule has 0 aliphatic rings. The van der Waals surface area contributed by atoms with Gasteiger partial charge in [-0.3, -0.25) is 0 Å². The zero-order valence-electron chi connectivity index (χ0n) is 10.9. The molecule has 1 aromatic heterocycles. The fourth-order valence-corrected chi connectivity index (χ4v) is 3.08. The minimum atomic E-state index is -0.544. The summed E-state index contributed by atoms with van der Waals surface area (Å²) in [5.41, 5.74) is 7.15. The molecular weight excluding hydrogens is 308 g/mol. The number of aromatic nitrogens is 1. The van der Waals surface area contributed by atoms with Gasteiger partial charge in [0, 0.05) is 5.69 Å². The third-order valence-corrected chi connectivity index (χ3v) is 4.24. The molecule has 0 fully saturated rings. The van der Waals surface area contributed by atoms with Gasteiger partial charge < -0.3 is 10.5 Å². The fourth-order valence-electron chi connectivity index (χ4n) is 1.94. The van der Waals surface area contributed by atoms with Crippen LogP contribution >= 0.6 is 22.9 Å². The summed E-state index contributed by atoms with van der Waals surface area (Å²) in [6, 6.07) is 12.7. The number of esters is 1. The molecule has 1 heterocycles. The molecule has 3 aromatic rings. The molecule has 6 heteroatoms. The normalized spacial score (nSPS) is 10.7. The molecule has 0 radical (unpaired) electrons. The van der Waals surface area contributed by atoms with Crippen LogP contribution in [-0.4, -0.2) is 11.0 Å². The van der Waals surface area contributed by atoms with Crippen molar-refractivity contribution < 1.29 is 9.53 Å². The second-order valence-corrected chi connectivity index (χ2v) is 5.88. The van der Waals surface area contributed by atoms with E-state index < -0.39 is 5.97 Å². The largest absolute Gasteiger partial charge is 0.455 e. The highest BCUT2D eigenvalue weighted by Gasteiger charge is 2.16. The van der Waals surface area contributed by atoms with Crippen molar-refractivity contribution in [2.24, 2.45) is 0 Å². The molecule has 2 aromatic carbocycles. The zero-order valence-corrected chi connectivity index (χ0v) is 12.4. The van der Waals surface area contributed by atoms with Gasteiger partial charge in [0.05, 0.1) is 15.2 Å². The van der Waals surface area contributed by atoms with E-state index in [9.17, 15) is 4.79 Å². The summed E-state index contributed by atoms with van der Waals surface area (Å²) in [4.78, 5) is 16.5. The zero-order chi connectivity index (χ0) is 14.8. The first-order valence-corrected chi connectivity index (χ1v) is 7.40. The van der Waals surface area contributed by atoms with E-state index in [1.807, 2.05) is 24.3 Å². The number of nitrogens with two attached hydrogens (primary N) is 1. The predicted molar refractivity (Wildman–Crippen MR) is 84.6 cm³/mol. The molecule has 0 amide bonds. The van der Waals surface area contributed by atoms with E-state index in [-0.39, 0.29) is 17.2 Å². The summed E-state index contributed by atoms with van der Waals surface area (Å²) in [7, 11) is 0. The van der Waals surface area contributed by atoms with Crippen LogP contribution in [0.2, 0.25) is 5.02 Å². The van der Waals surface area contributed by atoms with E-state index in [4.69, 9.17) is 22.1 Å². The number of carbonyl (C=O) groups excluding carboxylic acids is 1. The van der Waals surface area contributed by atoms with E-state index in [1.54, 1.807) is 18.2 Å². The molecule has 3 rings (SSSR count). The van der Waals surface area contributed by atoms with Gasteiger partial charge in [0.25, 0.3) is 0 Å². The number of para-hydroxylation sites is 1. The van der Waals surface area contributed by atoms with Gasteiger partial charge in [0.1, 0.15) is 17.2 Å². The molecule has 0 unspecified atom stereocenters. The highest BCUT2D eigenvalue weighted by Crippen LogP contribution is 2.25. The average Bonchev–Trinajstić information content (AvgIpc) is 2.87. The van der Waals surface area contributed by atoms with Crippen LogP contribution in [-0.2, 0) is 11.3 Å². The molecule has 2 N–H and O–H groups in total. The van der Waals surface area contributed by atoms with Crippen molar-refractivity contribution in [2.45, 2.75) is 6.61 Å². The van der Waals surface area contributed by atoms with Crippen LogP contribution in [0.3, 0.4) is 0 Å². The average molecular weight is 319 g/mol. The van der Waals surface area contributed by atoms with E-state index in [0.717, 1.165) is 15.2 Å². The fraction of sp³-hybridized carbons (Fsp3) is 0.0667. The highest BCUT2D eigenvalue weighted by molar-refractivity contribution is 7.18. The lowest BCUT2D eigenvalue weighted by Crippen LogP contribution is -2.09. The number of thiazole rings is 1. The number of carbonyl (C=O) groups is 1. The van der Waals surface area contributed by atoms with Crippen molar-refractivity contribution in [1.82, 2.24) is 4.98 Å². The summed E-state index contributed by atoms with van der Waals surface area (Å²) in [6.07, 6.45) is 0. The molecule has 0 saturated carbocycles. The molecule has 0 atom stereocenters. The number of nitrogens with zero attached hydrogens (tertiary/aromatic N) is 1. The quantitative estimate of drug-likeness (QED) is 0.587. The molecule has 106 valence electrons. The van der Waals surface area contributed by atoms with Crippen LogP contribution in [0.5, 0.6) is 0 Å². The molecule has 0 spiro atoms. The number of anilines is 1. The second kappa shape index (κ2) is 5.71. The summed E-state index contributed by atoms with van der Waals surface area (Å²) in [5, 5.41) is 1.01. The SMILES string of the molecule is Nc1cccc(Cl)c1C(=O)OCc1nc2ccccc2s1. The van der Waals surface area contributed by atoms with Crippen LogP contribution in [0, 0.1) is 0 Å². The van der Waals surface area contributed by atoms with E-state index in [0.29, 0.717) is 5.69 Å². The van der Waals surface area contributed by atoms with E-state index in [1.165, 1.54) is 11.3 Å². The second-order valence-electron chi connectivity index (χ2n) is 4.36. The summed E-state index contributed by atoms with van der Waals surface area (Å²) < 4.78 is 6.31. The number of benzene rings is 2. The van der Waals surface area contributed by atoms with Gasteiger partial charge >= 0.3 is 5.97 Å². The maximum atomic E-state index is 12.1. The number of ether oxygens (including phenoxy) is 1. The van der Waals surface area contributed by atoms with Gasteiger partial charge in [-0.1, -0.05) is 29.8 Å². The van der Waals surface area contributed by atoms with Crippen LogP contribution < -0.4 is 5.73 Å². The molecule has 21 heavy (non-hydrogen) atoms. The maximum Gasteiger partial charge on any atom is 0.342 e. The topological polar surface area (TPSA) is 65.2 Å².